The van der Waals surface area contributed by atoms with E-state index in [9.17, 15) is 4.79 Å². The van der Waals surface area contributed by atoms with E-state index in [2.05, 4.69) is 20.8 Å². The Morgan fingerprint density at radius 1 is 1.54 bits per heavy atom. The predicted octanol–water partition coefficient (Wildman–Crippen LogP) is 2.42. The Hall–Kier alpha value is -0.370. The van der Waals surface area contributed by atoms with E-state index in [1.807, 2.05) is 0 Å². The molecule has 0 N–H and O–H groups in total. The second kappa shape index (κ2) is 3.79. The van der Waals surface area contributed by atoms with Crippen molar-refractivity contribution < 1.29 is 9.53 Å². The lowest BCUT2D eigenvalue weighted by atomic mass is 9.72. The predicted molar refractivity (Wildman–Crippen MR) is 52.6 cm³/mol. The molecule has 76 valence electrons. The van der Waals surface area contributed by atoms with E-state index >= 15 is 0 Å². The summed E-state index contributed by atoms with van der Waals surface area (Å²) in [6, 6.07) is 0. The summed E-state index contributed by atoms with van der Waals surface area (Å²) in [5.74, 6) is 0. The average molecular weight is 184 g/mol. The highest BCUT2D eigenvalue weighted by atomic mass is 16.5. The van der Waals surface area contributed by atoms with Crippen molar-refractivity contribution in [3.8, 4) is 0 Å². The smallest absolute Gasteiger partial charge is 0.128 e. The maximum atomic E-state index is 11.0. The van der Waals surface area contributed by atoms with Gasteiger partial charge in [-0.2, -0.15) is 0 Å². The zero-order valence-corrected chi connectivity index (χ0v) is 8.93. The first-order valence-corrected chi connectivity index (χ1v) is 5.08. The normalized spacial score (nSPS) is 29.2. The second-order valence-corrected chi connectivity index (χ2v) is 4.98. The van der Waals surface area contributed by atoms with Crippen LogP contribution in [0.3, 0.4) is 0 Å². The molecular formula is C11H20O2. The van der Waals surface area contributed by atoms with Crippen molar-refractivity contribution in [2.45, 2.75) is 40.0 Å². The summed E-state index contributed by atoms with van der Waals surface area (Å²) in [7, 11) is 0. The molecule has 0 aromatic rings. The SMILES string of the molecule is CCC(C)(C)CC1(C=O)CCOC1. The molecule has 1 fully saturated rings. The van der Waals surface area contributed by atoms with Gasteiger partial charge in [-0.25, -0.2) is 0 Å². The van der Waals surface area contributed by atoms with Crippen molar-refractivity contribution in [2.75, 3.05) is 13.2 Å². The third-order valence-electron chi connectivity index (χ3n) is 3.17. The first-order valence-electron chi connectivity index (χ1n) is 5.08. The van der Waals surface area contributed by atoms with Crippen LogP contribution in [0.15, 0.2) is 0 Å². The Kier molecular flexibility index (Phi) is 3.12. The minimum Gasteiger partial charge on any atom is -0.380 e. The lowest BCUT2D eigenvalue weighted by Gasteiger charge is -2.31. The molecule has 2 heteroatoms. The number of ether oxygens (including phenoxy) is 1. The van der Waals surface area contributed by atoms with Gasteiger partial charge in [0, 0.05) is 6.61 Å². The highest BCUT2D eigenvalue weighted by Gasteiger charge is 2.38. The molecule has 0 radical (unpaired) electrons. The zero-order chi connectivity index (χ0) is 9.95. The van der Waals surface area contributed by atoms with Crippen LogP contribution in [-0.2, 0) is 9.53 Å². The monoisotopic (exact) mass is 184 g/mol. The summed E-state index contributed by atoms with van der Waals surface area (Å²) < 4.78 is 5.31. The van der Waals surface area contributed by atoms with Crippen LogP contribution in [0.1, 0.15) is 40.0 Å². The van der Waals surface area contributed by atoms with Gasteiger partial charge in [0.25, 0.3) is 0 Å². The van der Waals surface area contributed by atoms with Gasteiger partial charge in [0.05, 0.1) is 12.0 Å². The van der Waals surface area contributed by atoms with E-state index in [1.54, 1.807) is 0 Å². The van der Waals surface area contributed by atoms with E-state index < -0.39 is 0 Å². The van der Waals surface area contributed by atoms with Gasteiger partial charge >= 0.3 is 0 Å². The second-order valence-electron chi connectivity index (χ2n) is 4.98. The summed E-state index contributed by atoms with van der Waals surface area (Å²) >= 11 is 0. The maximum Gasteiger partial charge on any atom is 0.128 e. The van der Waals surface area contributed by atoms with Gasteiger partial charge in [0.2, 0.25) is 0 Å². The highest BCUT2D eigenvalue weighted by molar-refractivity contribution is 5.60. The topological polar surface area (TPSA) is 26.3 Å². The Morgan fingerprint density at radius 2 is 2.23 bits per heavy atom. The molecule has 1 aliphatic rings. The number of hydrogen-bond donors (Lipinski definition) is 0. The quantitative estimate of drug-likeness (QED) is 0.627. The molecule has 0 aromatic heterocycles. The summed E-state index contributed by atoms with van der Waals surface area (Å²) in [5, 5.41) is 0. The molecule has 0 aromatic carbocycles. The third kappa shape index (κ3) is 2.53. The molecular weight excluding hydrogens is 164 g/mol. The van der Waals surface area contributed by atoms with Crippen LogP contribution in [0.4, 0.5) is 0 Å². The first-order chi connectivity index (χ1) is 6.04. The molecule has 0 aliphatic carbocycles. The van der Waals surface area contributed by atoms with Gasteiger partial charge in [-0.1, -0.05) is 27.2 Å². The van der Waals surface area contributed by atoms with E-state index in [4.69, 9.17) is 4.74 Å². The van der Waals surface area contributed by atoms with Crippen molar-refractivity contribution in [2.24, 2.45) is 10.8 Å². The van der Waals surface area contributed by atoms with Crippen LogP contribution < -0.4 is 0 Å². The zero-order valence-electron chi connectivity index (χ0n) is 8.93. The van der Waals surface area contributed by atoms with Gasteiger partial charge in [-0.05, 0) is 18.3 Å². The van der Waals surface area contributed by atoms with Crippen molar-refractivity contribution in [3.05, 3.63) is 0 Å². The number of hydrogen-bond acceptors (Lipinski definition) is 2. The summed E-state index contributed by atoms with van der Waals surface area (Å²) in [6.45, 7) is 7.99. The molecule has 0 amide bonds. The first kappa shape index (κ1) is 10.7. The minimum absolute atomic E-state index is 0.181. The van der Waals surface area contributed by atoms with Gasteiger partial charge in [-0.15, -0.1) is 0 Å². The largest absolute Gasteiger partial charge is 0.380 e. The molecule has 1 heterocycles. The fourth-order valence-corrected chi connectivity index (χ4v) is 1.98. The summed E-state index contributed by atoms with van der Waals surface area (Å²) in [5.41, 5.74) is 0.0775. The molecule has 0 saturated carbocycles. The lowest BCUT2D eigenvalue weighted by molar-refractivity contribution is -0.118. The molecule has 0 bridgehead atoms. The standard InChI is InChI=1S/C11H20O2/c1-4-10(2,3)7-11(8-12)5-6-13-9-11/h8H,4-7,9H2,1-3H3. The van der Waals surface area contributed by atoms with E-state index in [0.717, 1.165) is 32.2 Å². The Bertz CT molecular complexity index is 179. The van der Waals surface area contributed by atoms with Crippen molar-refractivity contribution in [1.29, 1.82) is 0 Å². The maximum absolute atomic E-state index is 11.0. The van der Waals surface area contributed by atoms with Crippen molar-refractivity contribution >= 4 is 6.29 Å². The molecule has 0 spiro atoms. The van der Waals surface area contributed by atoms with Crippen LogP contribution in [0.5, 0.6) is 0 Å². The van der Waals surface area contributed by atoms with Gasteiger partial charge in [0.1, 0.15) is 6.29 Å². The molecule has 1 aliphatic heterocycles. The van der Waals surface area contributed by atoms with Crippen molar-refractivity contribution in [3.63, 3.8) is 0 Å². The molecule has 13 heavy (non-hydrogen) atoms. The Balaban J connectivity index is 2.63. The average Bonchev–Trinajstić information content (AvgIpc) is 2.53. The van der Waals surface area contributed by atoms with E-state index in [1.165, 1.54) is 0 Å². The van der Waals surface area contributed by atoms with Gasteiger partial charge in [0.15, 0.2) is 0 Å². The van der Waals surface area contributed by atoms with Gasteiger partial charge < -0.3 is 9.53 Å². The molecule has 1 saturated heterocycles. The summed E-state index contributed by atoms with van der Waals surface area (Å²) in [6.07, 6.45) is 4.08. The van der Waals surface area contributed by atoms with Crippen LogP contribution in [-0.4, -0.2) is 19.5 Å². The van der Waals surface area contributed by atoms with Crippen LogP contribution in [0, 0.1) is 10.8 Å². The van der Waals surface area contributed by atoms with Crippen LogP contribution in [0.2, 0.25) is 0 Å². The lowest BCUT2D eigenvalue weighted by Crippen LogP contribution is -2.30. The molecule has 1 atom stereocenters. The Labute approximate surface area is 80.7 Å². The number of carbonyl (C=O) groups excluding carboxylic acids is 1. The van der Waals surface area contributed by atoms with Crippen molar-refractivity contribution in [1.82, 2.24) is 0 Å². The third-order valence-corrected chi connectivity index (χ3v) is 3.17. The van der Waals surface area contributed by atoms with E-state index in [0.29, 0.717) is 6.61 Å². The molecule has 2 nitrogen and oxygen atoms in total. The fraction of sp³-hybridized carbons (Fsp3) is 0.909. The minimum atomic E-state index is -0.181. The highest BCUT2D eigenvalue weighted by Crippen LogP contribution is 2.40. The number of rotatable bonds is 4. The van der Waals surface area contributed by atoms with Crippen LogP contribution >= 0.6 is 0 Å². The number of carbonyl (C=O) groups is 1. The molecule has 1 unspecified atom stereocenters. The fourth-order valence-electron chi connectivity index (χ4n) is 1.98. The molecule has 1 rings (SSSR count). The Morgan fingerprint density at radius 3 is 2.62 bits per heavy atom. The van der Waals surface area contributed by atoms with E-state index in [-0.39, 0.29) is 10.8 Å². The van der Waals surface area contributed by atoms with Gasteiger partial charge in [-0.3, -0.25) is 0 Å². The van der Waals surface area contributed by atoms with Crippen LogP contribution in [0.25, 0.3) is 0 Å². The number of aldehydes is 1. The summed E-state index contributed by atoms with van der Waals surface area (Å²) in [4.78, 5) is 11.0.